The third kappa shape index (κ3) is 8.46. The molecule has 29 heavy (non-hydrogen) atoms. The Morgan fingerprint density at radius 3 is 2.28 bits per heavy atom. The van der Waals surface area contributed by atoms with Gasteiger partial charge in [0.2, 0.25) is 0 Å². The van der Waals surface area contributed by atoms with Crippen molar-refractivity contribution in [1.82, 2.24) is 5.32 Å². The number of benzene rings is 2. The molecular weight excluding hydrogens is 384 g/mol. The Bertz CT molecular complexity index is 782. The highest BCUT2D eigenvalue weighted by molar-refractivity contribution is 6.33. The molecular formula is C24H33ClN2O2. The van der Waals surface area contributed by atoms with Crippen LogP contribution in [0.2, 0.25) is 5.02 Å². The molecule has 3 N–H and O–H groups in total. The Morgan fingerprint density at radius 2 is 1.66 bits per heavy atom. The lowest BCUT2D eigenvalue weighted by molar-refractivity contribution is 0.0527. The molecule has 0 fully saturated rings. The number of hydrogen-bond donors (Lipinski definition) is 2. The summed E-state index contributed by atoms with van der Waals surface area (Å²) in [7, 11) is 0. The Hall–Kier alpha value is -2.04. The minimum Gasteiger partial charge on any atom is -0.444 e. The van der Waals surface area contributed by atoms with Crippen molar-refractivity contribution in [2.45, 2.75) is 58.5 Å². The van der Waals surface area contributed by atoms with Crippen LogP contribution in [-0.4, -0.2) is 24.8 Å². The second kappa shape index (κ2) is 11.2. The van der Waals surface area contributed by atoms with E-state index >= 15 is 0 Å². The first kappa shape index (κ1) is 23.2. The summed E-state index contributed by atoms with van der Waals surface area (Å²) in [4.78, 5) is 11.7. The van der Waals surface area contributed by atoms with E-state index in [4.69, 9.17) is 22.1 Å². The van der Waals surface area contributed by atoms with E-state index in [1.54, 1.807) is 0 Å². The zero-order valence-corrected chi connectivity index (χ0v) is 18.5. The van der Waals surface area contributed by atoms with Gasteiger partial charge < -0.3 is 15.8 Å². The molecule has 0 radical (unpaired) electrons. The van der Waals surface area contributed by atoms with Crippen LogP contribution in [0.15, 0.2) is 42.5 Å². The fourth-order valence-electron chi connectivity index (χ4n) is 3.07. The highest BCUT2D eigenvalue weighted by atomic mass is 35.5. The number of alkyl carbamates (subject to hydrolysis) is 1. The summed E-state index contributed by atoms with van der Waals surface area (Å²) in [5, 5.41) is 3.53. The number of halogens is 1. The number of rotatable bonds is 9. The summed E-state index contributed by atoms with van der Waals surface area (Å²) in [6.07, 6.45) is 4.53. The Labute approximate surface area is 179 Å². The summed E-state index contributed by atoms with van der Waals surface area (Å²) in [5.41, 5.74) is 9.72. The molecule has 4 nitrogen and oxygen atoms in total. The van der Waals surface area contributed by atoms with Crippen molar-refractivity contribution in [3.8, 4) is 11.1 Å². The molecule has 0 saturated heterocycles. The molecule has 0 aliphatic heterocycles. The second-order valence-corrected chi connectivity index (χ2v) is 8.70. The van der Waals surface area contributed by atoms with E-state index in [9.17, 15) is 4.79 Å². The van der Waals surface area contributed by atoms with Gasteiger partial charge in [-0.25, -0.2) is 4.79 Å². The molecule has 1 amide bonds. The van der Waals surface area contributed by atoms with Gasteiger partial charge in [-0.1, -0.05) is 48.0 Å². The zero-order chi connectivity index (χ0) is 21.3. The van der Waals surface area contributed by atoms with Gasteiger partial charge in [0.15, 0.2) is 0 Å². The summed E-state index contributed by atoms with van der Waals surface area (Å²) in [6, 6.07) is 14.8. The molecule has 0 aromatic heterocycles. The molecule has 0 atom stereocenters. The maximum Gasteiger partial charge on any atom is 0.407 e. The van der Waals surface area contributed by atoms with Crippen molar-refractivity contribution < 1.29 is 9.53 Å². The van der Waals surface area contributed by atoms with Gasteiger partial charge in [0.1, 0.15) is 5.60 Å². The zero-order valence-electron chi connectivity index (χ0n) is 17.8. The Morgan fingerprint density at radius 1 is 1.00 bits per heavy atom. The van der Waals surface area contributed by atoms with Crippen LogP contribution in [0, 0.1) is 0 Å². The van der Waals surface area contributed by atoms with E-state index in [1.807, 2.05) is 26.8 Å². The lowest BCUT2D eigenvalue weighted by Crippen LogP contribution is -2.33. The van der Waals surface area contributed by atoms with Gasteiger partial charge in [0.25, 0.3) is 0 Å². The van der Waals surface area contributed by atoms with Crippen LogP contribution in [0.5, 0.6) is 0 Å². The lowest BCUT2D eigenvalue weighted by atomic mass is 9.99. The summed E-state index contributed by atoms with van der Waals surface area (Å²) in [5.74, 6) is 0. The molecule has 0 spiro atoms. The number of amides is 1. The van der Waals surface area contributed by atoms with Crippen molar-refractivity contribution in [1.29, 1.82) is 0 Å². The van der Waals surface area contributed by atoms with E-state index in [0.717, 1.165) is 60.4 Å². The maximum absolute atomic E-state index is 11.7. The molecule has 2 rings (SSSR count). The van der Waals surface area contributed by atoms with Crippen LogP contribution in [0.1, 0.15) is 51.2 Å². The molecule has 2 aromatic carbocycles. The average Bonchev–Trinajstić information content (AvgIpc) is 2.65. The monoisotopic (exact) mass is 416 g/mol. The van der Waals surface area contributed by atoms with Gasteiger partial charge >= 0.3 is 6.09 Å². The highest BCUT2D eigenvalue weighted by Crippen LogP contribution is 2.29. The lowest BCUT2D eigenvalue weighted by Gasteiger charge is -2.19. The molecule has 5 heteroatoms. The van der Waals surface area contributed by atoms with Crippen LogP contribution in [0.25, 0.3) is 11.1 Å². The largest absolute Gasteiger partial charge is 0.444 e. The maximum atomic E-state index is 11.7. The van der Waals surface area contributed by atoms with Gasteiger partial charge in [0, 0.05) is 17.1 Å². The second-order valence-electron chi connectivity index (χ2n) is 8.29. The first-order valence-corrected chi connectivity index (χ1v) is 10.7. The molecule has 0 heterocycles. The smallest absolute Gasteiger partial charge is 0.407 e. The number of carbonyl (C=O) groups is 1. The van der Waals surface area contributed by atoms with Crippen molar-refractivity contribution in [3.63, 3.8) is 0 Å². The van der Waals surface area contributed by atoms with E-state index in [1.165, 1.54) is 5.56 Å². The van der Waals surface area contributed by atoms with E-state index < -0.39 is 5.60 Å². The summed E-state index contributed by atoms with van der Waals surface area (Å²) < 4.78 is 5.23. The van der Waals surface area contributed by atoms with E-state index in [2.05, 4.69) is 41.7 Å². The molecule has 2 aromatic rings. The van der Waals surface area contributed by atoms with Gasteiger partial charge in [-0.05, 0) is 82.2 Å². The molecule has 0 unspecified atom stereocenters. The number of hydrogen-bond acceptors (Lipinski definition) is 3. The standard InChI is InChI=1S/C24H33ClN2O2/c1-24(2,3)29-23(28)27-16-6-8-19-11-14-21(22(25)17-19)20-12-9-18(10-13-20)7-4-5-15-26/h9-14,17H,4-8,15-16,26H2,1-3H3,(H,27,28). The summed E-state index contributed by atoms with van der Waals surface area (Å²) in [6.45, 7) is 6.87. The number of aryl methyl sites for hydroxylation is 2. The fraction of sp³-hybridized carbons (Fsp3) is 0.458. The van der Waals surface area contributed by atoms with Gasteiger partial charge in [-0.15, -0.1) is 0 Å². The first-order chi connectivity index (χ1) is 13.8. The topological polar surface area (TPSA) is 64.3 Å². The number of nitrogens with one attached hydrogen (secondary N) is 1. The minimum atomic E-state index is -0.476. The summed E-state index contributed by atoms with van der Waals surface area (Å²) >= 11 is 6.54. The van der Waals surface area contributed by atoms with Crippen LogP contribution in [0.4, 0.5) is 4.79 Å². The normalized spacial score (nSPS) is 11.3. The predicted molar refractivity (Wildman–Crippen MR) is 121 cm³/mol. The SMILES string of the molecule is CC(C)(C)OC(=O)NCCCc1ccc(-c2ccc(CCCCN)cc2)c(Cl)c1. The molecule has 0 aliphatic rings. The molecule has 158 valence electrons. The van der Waals surface area contributed by atoms with Crippen LogP contribution >= 0.6 is 11.6 Å². The first-order valence-electron chi connectivity index (χ1n) is 10.3. The van der Waals surface area contributed by atoms with Crippen LogP contribution < -0.4 is 11.1 Å². The highest BCUT2D eigenvalue weighted by Gasteiger charge is 2.15. The average molecular weight is 417 g/mol. The Kier molecular flexibility index (Phi) is 8.99. The van der Waals surface area contributed by atoms with Crippen LogP contribution in [0.3, 0.4) is 0 Å². The predicted octanol–water partition coefficient (Wildman–Crippen LogP) is 5.75. The van der Waals surface area contributed by atoms with E-state index in [0.29, 0.717) is 6.54 Å². The van der Waals surface area contributed by atoms with Gasteiger partial charge in [0.05, 0.1) is 0 Å². The minimum absolute atomic E-state index is 0.377. The van der Waals surface area contributed by atoms with Crippen molar-refractivity contribution in [3.05, 3.63) is 58.6 Å². The fourth-order valence-corrected chi connectivity index (χ4v) is 3.38. The number of unbranched alkanes of at least 4 members (excludes halogenated alkanes) is 1. The van der Waals surface area contributed by atoms with Crippen molar-refractivity contribution in [2.75, 3.05) is 13.1 Å². The van der Waals surface area contributed by atoms with Crippen molar-refractivity contribution >= 4 is 17.7 Å². The third-order valence-corrected chi connectivity index (χ3v) is 4.84. The number of ether oxygens (including phenoxy) is 1. The molecule has 0 aliphatic carbocycles. The Balaban J connectivity index is 1.86. The quantitative estimate of drug-likeness (QED) is 0.512. The van der Waals surface area contributed by atoms with Gasteiger partial charge in [-0.2, -0.15) is 0 Å². The number of carbonyl (C=O) groups excluding carboxylic acids is 1. The number of nitrogens with two attached hydrogens (primary N) is 1. The molecule has 0 bridgehead atoms. The van der Waals surface area contributed by atoms with E-state index in [-0.39, 0.29) is 6.09 Å². The van der Waals surface area contributed by atoms with Crippen molar-refractivity contribution in [2.24, 2.45) is 5.73 Å². The van der Waals surface area contributed by atoms with Gasteiger partial charge in [-0.3, -0.25) is 0 Å². The third-order valence-electron chi connectivity index (χ3n) is 4.53. The molecule has 0 saturated carbocycles. The van der Waals surface area contributed by atoms with Crippen LogP contribution in [-0.2, 0) is 17.6 Å².